The second-order valence-corrected chi connectivity index (χ2v) is 1.45. The lowest BCUT2D eigenvalue weighted by Crippen LogP contribution is -2.06. The SMILES string of the molecule is O=C(OO)c1ncccn1. The van der Waals surface area contributed by atoms with Crippen molar-refractivity contribution in [3.63, 3.8) is 0 Å². The van der Waals surface area contributed by atoms with Crippen molar-refractivity contribution in [3.8, 4) is 0 Å². The smallest absolute Gasteiger partial charge is 0.292 e. The molecular formula is C5H4N2O3. The highest BCUT2D eigenvalue weighted by molar-refractivity contribution is 5.84. The molecule has 0 amide bonds. The Morgan fingerprint density at radius 1 is 1.50 bits per heavy atom. The van der Waals surface area contributed by atoms with E-state index < -0.39 is 5.97 Å². The van der Waals surface area contributed by atoms with Crippen LogP contribution in [0.2, 0.25) is 0 Å². The Balaban J connectivity index is 2.85. The molecule has 1 aromatic rings. The quantitative estimate of drug-likeness (QED) is 0.442. The summed E-state index contributed by atoms with van der Waals surface area (Å²) in [6, 6.07) is 1.55. The number of aromatic nitrogens is 2. The van der Waals surface area contributed by atoms with Crippen molar-refractivity contribution in [1.82, 2.24) is 9.97 Å². The number of nitrogens with zero attached hydrogens (tertiary/aromatic N) is 2. The number of hydrogen-bond acceptors (Lipinski definition) is 5. The maximum Gasteiger partial charge on any atom is 0.409 e. The highest BCUT2D eigenvalue weighted by atomic mass is 17.1. The Morgan fingerprint density at radius 3 is 2.60 bits per heavy atom. The minimum absolute atomic E-state index is 0.162. The van der Waals surface area contributed by atoms with Crippen molar-refractivity contribution in [1.29, 1.82) is 0 Å². The molecule has 1 N–H and O–H groups in total. The lowest BCUT2D eigenvalue weighted by Gasteiger charge is -1.90. The van der Waals surface area contributed by atoms with E-state index in [0.29, 0.717) is 0 Å². The summed E-state index contributed by atoms with van der Waals surface area (Å²) in [6.45, 7) is 0. The van der Waals surface area contributed by atoms with Crippen LogP contribution >= 0.6 is 0 Å². The largest absolute Gasteiger partial charge is 0.409 e. The maximum atomic E-state index is 10.4. The highest BCUT2D eigenvalue weighted by Gasteiger charge is 2.07. The molecule has 0 aromatic carbocycles. The molecule has 0 aliphatic heterocycles. The van der Waals surface area contributed by atoms with E-state index >= 15 is 0 Å². The predicted molar refractivity (Wildman–Crippen MR) is 30.1 cm³/mol. The lowest BCUT2D eigenvalue weighted by atomic mass is 10.6. The third-order valence-corrected chi connectivity index (χ3v) is 0.831. The van der Waals surface area contributed by atoms with Gasteiger partial charge in [-0.05, 0) is 6.07 Å². The van der Waals surface area contributed by atoms with Gasteiger partial charge in [0, 0.05) is 12.4 Å². The Bertz CT molecular complexity index is 224. The Labute approximate surface area is 56.2 Å². The molecule has 0 atom stereocenters. The van der Waals surface area contributed by atoms with Gasteiger partial charge in [0.25, 0.3) is 0 Å². The summed E-state index contributed by atoms with van der Waals surface area (Å²) >= 11 is 0. The normalized spacial score (nSPS) is 8.90. The lowest BCUT2D eigenvalue weighted by molar-refractivity contribution is -0.183. The number of carbonyl (C=O) groups is 1. The van der Waals surface area contributed by atoms with Gasteiger partial charge in [-0.2, -0.15) is 5.26 Å². The summed E-state index contributed by atoms with van der Waals surface area (Å²) in [6.07, 6.45) is 2.75. The van der Waals surface area contributed by atoms with Crippen molar-refractivity contribution in [2.45, 2.75) is 0 Å². The van der Waals surface area contributed by atoms with E-state index in [4.69, 9.17) is 5.26 Å². The van der Waals surface area contributed by atoms with Crippen molar-refractivity contribution in [3.05, 3.63) is 24.3 Å². The van der Waals surface area contributed by atoms with Gasteiger partial charge in [0.15, 0.2) is 0 Å². The molecule has 10 heavy (non-hydrogen) atoms. The average molecular weight is 140 g/mol. The van der Waals surface area contributed by atoms with E-state index in [9.17, 15) is 4.79 Å². The molecule has 1 heterocycles. The molecule has 0 aliphatic carbocycles. The van der Waals surface area contributed by atoms with Gasteiger partial charge >= 0.3 is 5.97 Å². The zero-order chi connectivity index (χ0) is 7.40. The number of hydrogen-bond donors (Lipinski definition) is 1. The fourth-order valence-electron chi connectivity index (χ4n) is 0.445. The Hall–Kier alpha value is -1.49. The third kappa shape index (κ3) is 1.26. The summed E-state index contributed by atoms with van der Waals surface area (Å²) in [4.78, 5) is 20.8. The van der Waals surface area contributed by atoms with E-state index in [1.54, 1.807) is 6.07 Å². The van der Waals surface area contributed by atoms with Crippen LogP contribution in [-0.4, -0.2) is 21.2 Å². The first-order chi connectivity index (χ1) is 4.84. The van der Waals surface area contributed by atoms with E-state index in [0.717, 1.165) is 0 Å². The molecule has 1 aromatic heterocycles. The van der Waals surface area contributed by atoms with Crippen LogP contribution in [0.5, 0.6) is 0 Å². The van der Waals surface area contributed by atoms with Crippen LogP contribution < -0.4 is 0 Å². The Kier molecular flexibility index (Phi) is 1.91. The van der Waals surface area contributed by atoms with E-state index in [2.05, 4.69) is 14.9 Å². The molecule has 0 spiro atoms. The van der Waals surface area contributed by atoms with Crippen LogP contribution in [0.25, 0.3) is 0 Å². The van der Waals surface area contributed by atoms with Crippen LogP contribution in [0.4, 0.5) is 0 Å². The van der Waals surface area contributed by atoms with Crippen LogP contribution in [0, 0.1) is 0 Å². The van der Waals surface area contributed by atoms with Crippen LogP contribution in [0.15, 0.2) is 18.5 Å². The summed E-state index contributed by atoms with van der Waals surface area (Å²) in [7, 11) is 0. The molecule has 0 saturated carbocycles. The second kappa shape index (κ2) is 2.88. The predicted octanol–water partition coefficient (Wildman–Crippen LogP) is 0.106. The zero-order valence-corrected chi connectivity index (χ0v) is 4.89. The topological polar surface area (TPSA) is 72.3 Å². The highest BCUT2D eigenvalue weighted by Crippen LogP contribution is 1.88. The standard InChI is InChI=1S/C5H4N2O3/c8-5(10-9)4-6-2-1-3-7-4/h1-3,9H. The molecule has 0 saturated heterocycles. The third-order valence-electron chi connectivity index (χ3n) is 0.831. The molecule has 0 fully saturated rings. The molecule has 1 rings (SSSR count). The van der Waals surface area contributed by atoms with Crippen LogP contribution in [0.3, 0.4) is 0 Å². The van der Waals surface area contributed by atoms with E-state index in [1.165, 1.54) is 12.4 Å². The minimum atomic E-state index is -0.958. The van der Waals surface area contributed by atoms with Crippen molar-refractivity contribution in [2.75, 3.05) is 0 Å². The first-order valence-electron chi connectivity index (χ1n) is 2.47. The first kappa shape index (κ1) is 6.63. The summed E-state index contributed by atoms with van der Waals surface area (Å²) < 4.78 is 0. The zero-order valence-electron chi connectivity index (χ0n) is 4.89. The van der Waals surface area contributed by atoms with Crippen LogP contribution in [0.1, 0.15) is 10.6 Å². The number of carbonyl (C=O) groups excluding carboxylic acids is 1. The van der Waals surface area contributed by atoms with Crippen molar-refractivity contribution >= 4 is 5.97 Å². The van der Waals surface area contributed by atoms with Gasteiger partial charge in [-0.15, -0.1) is 0 Å². The van der Waals surface area contributed by atoms with E-state index in [1.807, 2.05) is 0 Å². The molecular weight excluding hydrogens is 136 g/mol. The van der Waals surface area contributed by atoms with Gasteiger partial charge in [-0.25, -0.2) is 14.8 Å². The van der Waals surface area contributed by atoms with Gasteiger partial charge in [0.05, 0.1) is 0 Å². The fourth-order valence-corrected chi connectivity index (χ4v) is 0.445. The molecule has 5 nitrogen and oxygen atoms in total. The fraction of sp³-hybridized carbons (Fsp3) is 0. The van der Waals surface area contributed by atoms with Crippen molar-refractivity contribution in [2.24, 2.45) is 0 Å². The Morgan fingerprint density at radius 2 is 2.10 bits per heavy atom. The van der Waals surface area contributed by atoms with E-state index in [-0.39, 0.29) is 5.82 Å². The maximum absolute atomic E-state index is 10.4. The van der Waals surface area contributed by atoms with Crippen molar-refractivity contribution < 1.29 is 14.9 Å². The molecule has 52 valence electrons. The molecule has 0 radical (unpaired) electrons. The molecule has 5 heteroatoms. The first-order valence-corrected chi connectivity index (χ1v) is 2.47. The molecule has 0 aliphatic rings. The summed E-state index contributed by atoms with van der Waals surface area (Å²) in [5.41, 5.74) is 0. The monoisotopic (exact) mass is 140 g/mol. The van der Waals surface area contributed by atoms with Gasteiger partial charge in [0.1, 0.15) is 0 Å². The van der Waals surface area contributed by atoms with Crippen LogP contribution in [-0.2, 0) is 4.89 Å². The average Bonchev–Trinajstić information content (AvgIpc) is 2.05. The van der Waals surface area contributed by atoms with Gasteiger partial charge < -0.3 is 0 Å². The summed E-state index contributed by atoms with van der Waals surface area (Å²) in [5, 5.41) is 7.86. The number of rotatable bonds is 1. The molecule has 0 unspecified atom stereocenters. The van der Waals surface area contributed by atoms with Gasteiger partial charge in [0.2, 0.25) is 5.82 Å². The second-order valence-electron chi connectivity index (χ2n) is 1.45. The minimum Gasteiger partial charge on any atom is -0.292 e. The van der Waals surface area contributed by atoms with Gasteiger partial charge in [-0.3, -0.25) is 4.89 Å². The van der Waals surface area contributed by atoms with Gasteiger partial charge in [-0.1, -0.05) is 0 Å². The summed E-state index contributed by atoms with van der Waals surface area (Å²) in [5.74, 6) is -1.12. The molecule has 0 bridgehead atoms.